The zero-order chi connectivity index (χ0) is 24.8. The van der Waals surface area contributed by atoms with E-state index in [9.17, 15) is 9.59 Å². The maximum atomic E-state index is 12.9. The molecule has 192 valence electrons. The van der Waals surface area contributed by atoms with E-state index in [1.54, 1.807) is 4.90 Å². The zero-order valence-electron chi connectivity index (χ0n) is 21.7. The van der Waals surface area contributed by atoms with E-state index >= 15 is 0 Å². The van der Waals surface area contributed by atoms with Crippen molar-refractivity contribution in [3.05, 3.63) is 35.9 Å². The normalized spacial score (nSPS) is 16.9. The summed E-state index contributed by atoms with van der Waals surface area (Å²) in [4.78, 5) is 27.0. The Kier molecular flexibility index (Phi) is 12.4. The van der Waals surface area contributed by atoms with Crippen LogP contribution in [0, 0.1) is 0 Å². The van der Waals surface area contributed by atoms with Gasteiger partial charge in [0.25, 0.3) is 0 Å². The van der Waals surface area contributed by atoms with Crippen LogP contribution in [0.2, 0.25) is 0 Å². The van der Waals surface area contributed by atoms with Crippen LogP contribution < -0.4 is 0 Å². The van der Waals surface area contributed by atoms with Crippen LogP contribution in [-0.2, 0) is 25.6 Å². The van der Waals surface area contributed by atoms with Crippen LogP contribution in [0.3, 0.4) is 0 Å². The van der Waals surface area contributed by atoms with Gasteiger partial charge < -0.3 is 14.2 Å². The average molecular weight is 476 g/mol. The van der Waals surface area contributed by atoms with E-state index in [2.05, 4.69) is 19.1 Å². The Bertz CT molecular complexity index is 715. The highest BCUT2D eigenvalue weighted by Crippen LogP contribution is 2.24. The summed E-state index contributed by atoms with van der Waals surface area (Å²) in [6.45, 7) is 9.64. The Morgan fingerprint density at radius 3 is 2.44 bits per heavy atom. The third-order valence-electron chi connectivity index (χ3n) is 5.99. The summed E-state index contributed by atoms with van der Waals surface area (Å²) >= 11 is 0. The Balaban J connectivity index is 1.69. The lowest BCUT2D eigenvalue weighted by Gasteiger charge is -2.28. The van der Waals surface area contributed by atoms with Crippen LogP contribution in [0.5, 0.6) is 0 Å². The number of unbranched alkanes of at least 4 members (excludes halogenated alkanes) is 4. The molecule has 6 heteroatoms. The minimum atomic E-state index is -0.579. The Hall–Kier alpha value is -2.08. The molecule has 2 rings (SSSR count). The van der Waals surface area contributed by atoms with Crippen LogP contribution >= 0.6 is 0 Å². The first-order valence-corrected chi connectivity index (χ1v) is 13.1. The molecule has 1 aromatic carbocycles. The first-order chi connectivity index (χ1) is 16.3. The van der Waals surface area contributed by atoms with Crippen molar-refractivity contribution >= 4 is 12.1 Å². The van der Waals surface area contributed by atoms with E-state index in [0.29, 0.717) is 19.6 Å². The van der Waals surface area contributed by atoms with Gasteiger partial charge in [0.1, 0.15) is 17.7 Å². The molecule has 6 nitrogen and oxygen atoms in total. The second kappa shape index (κ2) is 15.0. The quantitative estimate of drug-likeness (QED) is 0.222. The van der Waals surface area contributed by atoms with E-state index in [-0.39, 0.29) is 12.1 Å². The average Bonchev–Trinajstić information content (AvgIpc) is 3.29. The minimum absolute atomic E-state index is 0.0807. The molecular formula is C28H45NO5. The summed E-state index contributed by atoms with van der Waals surface area (Å²) in [5, 5.41) is 0. The molecule has 0 unspecified atom stereocenters. The van der Waals surface area contributed by atoms with E-state index in [4.69, 9.17) is 14.2 Å². The SMILES string of the molecule is CCCC[C@@H](CCCCCCOCc1ccccc1)OC(=O)[C@@H]1CCCN1C(=O)OC(C)(C)C. The highest BCUT2D eigenvalue weighted by atomic mass is 16.6. The first kappa shape index (κ1) is 28.2. The van der Waals surface area contributed by atoms with E-state index < -0.39 is 17.7 Å². The zero-order valence-corrected chi connectivity index (χ0v) is 21.7. The maximum absolute atomic E-state index is 12.9. The van der Waals surface area contributed by atoms with Gasteiger partial charge in [-0.15, -0.1) is 0 Å². The number of likely N-dealkylation sites (tertiary alicyclic amines) is 1. The molecule has 1 aromatic rings. The van der Waals surface area contributed by atoms with Gasteiger partial charge in [-0.05, 0) is 64.9 Å². The molecule has 0 aromatic heterocycles. The van der Waals surface area contributed by atoms with Crippen LogP contribution in [0.15, 0.2) is 30.3 Å². The van der Waals surface area contributed by atoms with Gasteiger partial charge in [-0.2, -0.15) is 0 Å². The summed E-state index contributed by atoms with van der Waals surface area (Å²) in [6.07, 6.45) is 9.06. The third-order valence-corrected chi connectivity index (χ3v) is 5.99. The molecule has 1 amide bonds. The highest BCUT2D eigenvalue weighted by Gasteiger charge is 2.38. The third kappa shape index (κ3) is 10.9. The van der Waals surface area contributed by atoms with Crippen molar-refractivity contribution in [2.24, 2.45) is 0 Å². The summed E-state index contributed by atoms with van der Waals surface area (Å²) < 4.78 is 17.2. The highest BCUT2D eigenvalue weighted by molar-refractivity contribution is 5.82. The van der Waals surface area contributed by atoms with Crippen LogP contribution in [-0.4, -0.2) is 47.9 Å². The molecular weight excluding hydrogens is 430 g/mol. The fourth-order valence-electron chi connectivity index (χ4n) is 4.18. The fourth-order valence-corrected chi connectivity index (χ4v) is 4.18. The molecule has 0 radical (unpaired) electrons. The van der Waals surface area contributed by atoms with Crippen molar-refractivity contribution in [1.82, 2.24) is 4.90 Å². The number of rotatable bonds is 14. The standard InChI is InChI=1S/C28H45NO5/c1-5-6-17-24(18-12-7-8-13-21-32-22-23-15-10-9-11-16-23)33-26(30)25-19-14-20-29(25)27(31)34-28(2,3)4/h9-11,15-16,24-25H,5-8,12-14,17-22H2,1-4H3/t24-,25-/m0/s1. The van der Waals surface area contributed by atoms with Gasteiger partial charge in [0, 0.05) is 13.2 Å². The molecule has 1 fully saturated rings. The van der Waals surface area contributed by atoms with Crippen molar-refractivity contribution in [1.29, 1.82) is 0 Å². The number of hydrogen-bond acceptors (Lipinski definition) is 5. The Morgan fingerprint density at radius 2 is 1.74 bits per heavy atom. The minimum Gasteiger partial charge on any atom is -0.461 e. The van der Waals surface area contributed by atoms with Crippen molar-refractivity contribution in [3.8, 4) is 0 Å². The largest absolute Gasteiger partial charge is 0.461 e. The lowest BCUT2D eigenvalue weighted by molar-refractivity contribution is -0.155. The van der Waals surface area contributed by atoms with E-state index in [1.165, 1.54) is 5.56 Å². The molecule has 1 aliphatic heterocycles. The van der Waals surface area contributed by atoms with Crippen LogP contribution in [0.4, 0.5) is 4.79 Å². The molecule has 0 spiro atoms. The summed E-state index contributed by atoms with van der Waals surface area (Å²) in [5.41, 5.74) is 0.625. The number of hydrogen-bond donors (Lipinski definition) is 0. The number of esters is 1. The summed E-state index contributed by atoms with van der Waals surface area (Å²) in [7, 11) is 0. The Morgan fingerprint density at radius 1 is 1.03 bits per heavy atom. The monoisotopic (exact) mass is 475 g/mol. The van der Waals surface area contributed by atoms with Gasteiger partial charge in [-0.1, -0.05) is 62.9 Å². The number of amides is 1. The van der Waals surface area contributed by atoms with E-state index in [1.807, 2.05) is 39.0 Å². The Labute approximate surface area is 206 Å². The molecule has 2 atom stereocenters. The number of benzene rings is 1. The number of carbonyl (C=O) groups is 2. The van der Waals surface area contributed by atoms with Crippen molar-refractivity contribution in [3.63, 3.8) is 0 Å². The fraction of sp³-hybridized carbons (Fsp3) is 0.714. The lowest BCUT2D eigenvalue weighted by Crippen LogP contribution is -2.44. The summed E-state index contributed by atoms with van der Waals surface area (Å²) in [6, 6.07) is 9.70. The number of carbonyl (C=O) groups excluding carboxylic acids is 2. The van der Waals surface area contributed by atoms with Crippen molar-refractivity contribution < 1.29 is 23.8 Å². The van der Waals surface area contributed by atoms with Gasteiger partial charge in [-0.3, -0.25) is 4.90 Å². The first-order valence-electron chi connectivity index (χ1n) is 13.1. The van der Waals surface area contributed by atoms with Gasteiger partial charge >= 0.3 is 12.1 Å². The van der Waals surface area contributed by atoms with Gasteiger partial charge in [-0.25, -0.2) is 9.59 Å². The van der Waals surface area contributed by atoms with Gasteiger partial charge in [0.2, 0.25) is 0 Å². The molecule has 1 saturated heterocycles. The predicted molar refractivity (Wildman–Crippen MR) is 135 cm³/mol. The number of nitrogens with zero attached hydrogens (tertiary/aromatic N) is 1. The topological polar surface area (TPSA) is 65.1 Å². The second-order valence-corrected chi connectivity index (χ2v) is 10.3. The lowest BCUT2D eigenvalue weighted by atomic mass is 10.0. The maximum Gasteiger partial charge on any atom is 0.411 e. The predicted octanol–water partition coefficient (Wildman–Crippen LogP) is 6.66. The van der Waals surface area contributed by atoms with E-state index in [0.717, 1.165) is 64.4 Å². The molecule has 1 aliphatic rings. The van der Waals surface area contributed by atoms with Gasteiger partial charge in [0.05, 0.1) is 6.61 Å². The molecule has 0 saturated carbocycles. The van der Waals surface area contributed by atoms with Crippen LogP contribution in [0.25, 0.3) is 0 Å². The second-order valence-electron chi connectivity index (χ2n) is 10.3. The molecule has 34 heavy (non-hydrogen) atoms. The van der Waals surface area contributed by atoms with Crippen LogP contribution in [0.1, 0.15) is 97.5 Å². The number of ether oxygens (including phenoxy) is 3. The van der Waals surface area contributed by atoms with Gasteiger partial charge in [0.15, 0.2) is 0 Å². The summed E-state index contributed by atoms with van der Waals surface area (Å²) in [5.74, 6) is -0.279. The van der Waals surface area contributed by atoms with Crippen molar-refractivity contribution in [2.45, 2.75) is 116 Å². The molecule has 0 N–H and O–H groups in total. The smallest absolute Gasteiger partial charge is 0.411 e. The molecule has 0 aliphatic carbocycles. The van der Waals surface area contributed by atoms with Crippen molar-refractivity contribution in [2.75, 3.05) is 13.2 Å². The molecule has 0 bridgehead atoms. The molecule has 1 heterocycles.